The van der Waals surface area contributed by atoms with Crippen LogP contribution in [0.2, 0.25) is 0 Å². The predicted octanol–water partition coefficient (Wildman–Crippen LogP) is 6.42. The smallest absolute Gasteiger partial charge is 0.417 e. The van der Waals surface area contributed by atoms with Gasteiger partial charge >= 0.3 is 6.18 Å². The largest absolute Gasteiger partial charge is 0.508 e. The van der Waals surface area contributed by atoms with Gasteiger partial charge < -0.3 is 14.9 Å². The molecule has 1 aliphatic rings. The summed E-state index contributed by atoms with van der Waals surface area (Å²) in [5.41, 5.74) is 2.96. The topological polar surface area (TPSA) is 49.7 Å². The second kappa shape index (κ2) is 8.02. The fourth-order valence-electron chi connectivity index (χ4n) is 4.15. The van der Waals surface area contributed by atoms with E-state index in [2.05, 4.69) is 0 Å². The first-order valence-corrected chi connectivity index (χ1v) is 9.88. The average molecular weight is 426 g/mol. The third-order valence-corrected chi connectivity index (χ3v) is 5.55. The summed E-state index contributed by atoms with van der Waals surface area (Å²) in [4.78, 5) is 0. The Bertz CT molecular complexity index is 1150. The number of rotatable bonds is 3. The van der Waals surface area contributed by atoms with Crippen LogP contribution in [0.4, 0.5) is 13.2 Å². The Morgan fingerprint density at radius 1 is 0.806 bits per heavy atom. The summed E-state index contributed by atoms with van der Waals surface area (Å²) in [5, 5.41) is 19.7. The molecule has 6 heteroatoms. The molecule has 1 aliphatic carbocycles. The van der Waals surface area contributed by atoms with E-state index in [1.165, 1.54) is 31.4 Å². The van der Waals surface area contributed by atoms with Crippen LogP contribution in [0.25, 0.3) is 11.1 Å². The Labute approximate surface area is 178 Å². The van der Waals surface area contributed by atoms with Gasteiger partial charge in [0.25, 0.3) is 0 Å². The first-order valence-electron chi connectivity index (χ1n) is 9.88. The van der Waals surface area contributed by atoms with Gasteiger partial charge in [0.2, 0.25) is 0 Å². The van der Waals surface area contributed by atoms with Crippen LogP contribution in [0.15, 0.2) is 60.7 Å². The quantitative estimate of drug-likeness (QED) is 0.508. The molecule has 4 rings (SSSR count). The van der Waals surface area contributed by atoms with Crippen LogP contribution in [-0.4, -0.2) is 17.3 Å². The maximum atomic E-state index is 14.0. The van der Waals surface area contributed by atoms with Crippen molar-refractivity contribution in [2.45, 2.75) is 25.4 Å². The molecule has 0 saturated carbocycles. The van der Waals surface area contributed by atoms with E-state index >= 15 is 0 Å². The van der Waals surface area contributed by atoms with Crippen molar-refractivity contribution < 1.29 is 28.1 Å². The SMILES string of the molecule is COc1ccc(C2=C(c3ccc(O)cc3)c3ccc(O)cc3CCC2)c(C(F)(F)F)c1. The Balaban J connectivity index is 2.06. The van der Waals surface area contributed by atoms with Gasteiger partial charge in [0.1, 0.15) is 17.2 Å². The minimum absolute atomic E-state index is 0.0749. The fraction of sp³-hybridized carbons (Fsp3) is 0.200. The maximum Gasteiger partial charge on any atom is 0.417 e. The standard InChI is InChI=1S/C25H21F3O3/c1-31-19-10-12-21(23(14-19)25(26,27)28)22-4-2-3-16-13-18(30)9-11-20(16)24(22)15-5-7-17(29)8-6-15/h5-14,29-30H,2-4H2,1H3. The van der Waals surface area contributed by atoms with Crippen LogP contribution in [0.3, 0.4) is 0 Å². The highest BCUT2D eigenvalue weighted by molar-refractivity contribution is 6.00. The number of fused-ring (bicyclic) bond motifs is 1. The molecule has 0 spiro atoms. The lowest BCUT2D eigenvalue weighted by molar-refractivity contribution is -0.137. The molecule has 160 valence electrons. The summed E-state index contributed by atoms with van der Waals surface area (Å²) >= 11 is 0. The van der Waals surface area contributed by atoms with Gasteiger partial charge in [-0.05, 0) is 89.1 Å². The Morgan fingerprint density at radius 3 is 2.16 bits per heavy atom. The molecule has 0 aliphatic heterocycles. The second-order valence-electron chi connectivity index (χ2n) is 7.50. The zero-order valence-corrected chi connectivity index (χ0v) is 16.8. The number of allylic oxidation sites excluding steroid dienone is 1. The first kappa shape index (κ1) is 20.8. The lowest BCUT2D eigenvalue weighted by Gasteiger charge is -2.20. The Morgan fingerprint density at radius 2 is 1.48 bits per heavy atom. The normalized spacial score (nSPS) is 14.2. The number of halogens is 3. The van der Waals surface area contributed by atoms with Crippen LogP contribution in [0.5, 0.6) is 17.2 Å². The van der Waals surface area contributed by atoms with E-state index in [1.54, 1.807) is 30.3 Å². The third kappa shape index (κ3) is 4.10. The average Bonchev–Trinajstić information content (AvgIpc) is 2.92. The van der Waals surface area contributed by atoms with E-state index in [1.807, 2.05) is 0 Å². The van der Waals surface area contributed by atoms with Crippen molar-refractivity contribution in [3.05, 3.63) is 88.5 Å². The minimum atomic E-state index is -4.55. The summed E-state index contributed by atoms with van der Waals surface area (Å²) in [6.07, 6.45) is -2.86. The van der Waals surface area contributed by atoms with Gasteiger partial charge in [-0.1, -0.05) is 24.3 Å². The van der Waals surface area contributed by atoms with Gasteiger partial charge in [-0.25, -0.2) is 0 Å². The summed E-state index contributed by atoms with van der Waals surface area (Å²) < 4.78 is 47.1. The van der Waals surface area contributed by atoms with Crippen molar-refractivity contribution in [3.8, 4) is 17.2 Å². The number of benzene rings is 3. The zero-order chi connectivity index (χ0) is 22.2. The fourth-order valence-corrected chi connectivity index (χ4v) is 4.15. The Hall–Kier alpha value is -3.41. The van der Waals surface area contributed by atoms with Crippen molar-refractivity contribution in [2.75, 3.05) is 7.11 Å². The maximum absolute atomic E-state index is 14.0. The first-order chi connectivity index (χ1) is 14.8. The number of phenols is 2. The highest BCUT2D eigenvalue weighted by Crippen LogP contribution is 2.45. The van der Waals surface area contributed by atoms with Crippen LogP contribution in [0, 0.1) is 0 Å². The number of hydrogen-bond donors (Lipinski definition) is 2. The molecule has 0 saturated heterocycles. The monoisotopic (exact) mass is 426 g/mol. The highest BCUT2D eigenvalue weighted by Gasteiger charge is 2.35. The van der Waals surface area contributed by atoms with Crippen molar-refractivity contribution in [1.29, 1.82) is 0 Å². The van der Waals surface area contributed by atoms with Crippen molar-refractivity contribution in [2.24, 2.45) is 0 Å². The molecular weight excluding hydrogens is 405 g/mol. The van der Waals surface area contributed by atoms with E-state index < -0.39 is 11.7 Å². The summed E-state index contributed by atoms with van der Waals surface area (Å²) in [5.74, 6) is 0.334. The lowest BCUT2D eigenvalue weighted by Crippen LogP contribution is -2.10. The van der Waals surface area contributed by atoms with E-state index in [9.17, 15) is 23.4 Å². The van der Waals surface area contributed by atoms with Gasteiger partial charge in [0, 0.05) is 0 Å². The second-order valence-corrected chi connectivity index (χ2v) is 7.50. The number of phenolic OH excluding ortho intramolecular Hbond substituents is 2. The predicted molar refractivity (Wildman–Crippen MR) is 113 cm³/mol. The van der Waals surface area contributed by atoms with E-state index in [-0.39, 0.29) is 22.8 Å². The molecule has 0 bridgehead atoms. The number of alkyl halides is 3. The number of ether oxygens (including phenoxy) is 1. The third-order valence-electron chi connectivity index (χ3n) is 5.55. The van der Waals surface area contributed by atoms with Gasteiger partial charge in [-0.15, -0.1) is 0 Å². The number of methoxy groups -OCH3 is 1. The van der Waals surface area contributed by atoms with Crippen LogP contribution < -0.4 is 4.74 Å². The van der Waals surface area contributed by atoms with E-state index in [0.717, 1.165) is 17.2 Å². The number of aryl methyl sites for hydroxylation is 1. The number of hydrogen-bond acceptors (Lipinski definition) is 3. The van der Waals surface area contributed by atoms with E-state index in [4.69, 9.17) is 4.74 Å². The zero-order valence-electron chi connectivity index (χ0n) is 16.8. The number of aromatic hydroxyl groups is 2. The molecule has 0 unspecified atom stereocenters. The molecular formula is C25H21F3O3. The van der Waals surface area contributed by atoms with Crippen LogP contribution in [-0.2, 0) is 12.6 Å². The highest BCUT2D eigenvalue weighted by atomic mass is 19.4. The van der Waals surface area contributed by atoms with Gasteiger partial charge in [0.05, 0.1) is 12.7 Å². The van der Waals surface area contributed by atoms with Gasteiger partial charge in [0.15, 0.2) is 0 Å². The molecule has 0 radical (unpaired) electrons. The summed E-state index contributed by atoms with van der Waals surface area (Å²) in [6.45, 7) is 0. The molecule has 3 aromatic rings. The Kier molecular flexibility index (Phi) is 5.39. The minimum Gasteiger partial charge on any atom is -0.508 e. The molecule has 0 atom stereocenters. The molecule has 0 aromatic heterocycles. The van der Waals surface area contributed by atoms with Crippen molar-refractivity contribution in [3.63, 3.8) is 0 Å². The molecule has 3 aromatic carbocycles. The van der Waals surface area contributed by atoms with E-state index in [0.29, 0.717) is 36.0 Å². The lowest BCUT2D eigenvalue weighted by atomic mass is 9.86. The molecule has 0 amide bonds. The van der Waals surface area contributed by atoms with Gasteiger partial charge in [-0.2, -0.15) is 13.2 Å². The van der Waals surface area contributed by atoms with Crippen molar-refractivity contribution >= 4 is 11.1 Å². The summed E-state index contributed by atoms with van der Waals surface area (Å²) in [7, 11) is 1.34. The molecule has 3 nitrogen and oxygen atoms in total. The van der Waals surface area contributed by atoms with Crippen LogP contribution in [0.1, 0.15) is 40.7 Å². The molecule has 2 N–H and O–H groups in total. The summed E-state index contributed by atoms with van der Waals surface area (Å²) in [6, 6.07) is 15.4. The van der Waals surface area contributed by atoms with Crippen molar-refractivity contribution in [1.82, 2.24) is 0 Å². The molecule has 31 heavy (non-hydrogen) atoms. The van der Waals surface area contributed by atoms with Crippen LogP contribution >= 0.6 is 0 Å². The molecule has 0 fully saturated rings. The molecule has 0 heterocycles. The van der Waals surface area contributed by atoms with Gasteiger partial charge in [-0.3, -0.25) is 0 Å².